The molecule has 0 heterocycles. The summed E-state index contributed by atoms with van der Waals surface area (Å²) in [6, 6.07) is 19.8. The van der Waals surface area contributed by atoms with Gasteiger partial charge in [-0.2, -0.15) is 0 Å². The molecule has 218 valence electrons. The summed E-state index contributed by atoms with van der Waals surface area (Å²) in [5.41, 5.74) is 16.5. The van der Waals surface area contributed by atoms with Gasteiger partial charge < -0.3 is 0 Å². The van der Waals surface area contributed by atoms with E-state index in [4.69, 9.17) is 0 Å². The molecule has 0 N–H and O–H groups in total. The van der Waals surface area contributed by atoms with Crippen LogP contribution in [0.2, 0.25) is 0 Å². The van der Waals surface area contributed by atoms with Crippen molar-refractivity contribution in [2.24, 2.45) is 11.3 Å². The van der Waals surface area contributed by atoms with Gasteiger partial charge in [-0.1, -0.05) is 0 Å². The van der Waals surface area contributed by atoms with Crippen molar-refractivity contribution >= 4 is 15.4 Å². The van der Waals surface area contributed by atoms with Crippen LogP contribution in [0.3, 0.4) is 0 Å². The third-order valence-electron chi connectivity index (χ3n) is 10.7. The second-order valence-corrected chi connectivity index (χ2v) is 22.5. The predicted octanol–water partition coefficient (Wildman–Crippen LogP) is 11.0. The fraction of sp³-hybridized carbons (Fsp3) is 0.357. The van der Waals surface area contributed by atoms with Crippen molar-refractivity contribution in [2.45, 2.75) is 83.7 Å². The van der Waals surface area contributed by atoms with E-state index in [0.29, 0.717) is 9.54 Å². The molecule has 3 aromatic carbocycles. The van der Waals surface area contributed by atoms with Crippen molar-refractivity contribution in [3.05, 3.63) is 126 Å². The molecule has 3 aromatic rings. The number of hydrogen-bond donors (Lipinski definition) is 0. The van der Waals surface area contributed by atoms with E-state index in [1.54, 1.807) is 17.6 Å². The van der Waals surface area contributed by atoms with Gasteiger partial charge in [0.15, 0.2) is 0 Å². The molecule has 4 aliphatic rings. The number of benzene rings is 3. The average molecular weight is 642 g/mol. The van der Waals surface area contributed by atoms with E-state index in [0.717, 1.165) is 0 Å². The summed E-state index contributed by atoms with van der Waals surface area (Å²) in [6.45, 7) is 23.8. The van der Waals surface area contributed by atoms with Crippen LogP contribution >= 0.6 is 0 Å². The van der Waals surface area contributed by atoms with Gasteiger partial charge in [-0.3, -0.25) is 0 Å². The second kappa shape index (κ2) is 9.68. The van der Waals surface area contributed by atoms with Gasteiger partial charge in [0.05, 0.1) is 0 Å². The molecule has 1 unspecified atom stereocenters. The number of hydrogen-bond acceptors (Lipinski definition) is 0. The van der Waals surface area contributed by atoms with Gasteiger partial charge >= 0.3 is 269 Å². The molecule has 0 bridgehead atoms. The zero-order chi connectivity index (χ0) is 30.6. The van der Waals surface area contributed by atoms with Crippen molar-refractivity contribution < 1.29 is 21.3 Å². The Morgan fingerprint density at radius 2 is 1.28 bits per heavy atom. The summed E-state index contributed by atoms with van der Waals surface area (Å²) in [7, 11) is 0. The molecule has 0 saturated carbocycles. The summed E-state index contributed by atoms with van der Waals surface area (Å²) >= 11 is -2.62. The Bertz CT molecular complexity index is 1780. The molecular weight excluding hydrogens is 596 g/mol. The van der Waals surface area contributed by atoms with Crippen LogP contribution < -0.4 is 0 Å². The maximum absolute atomic E-state index is 2.66. The average Bonchev–Trinajstić information content (AvgIpc) is 3.65. The van der Waals surface area contributed by atoms with Gasteiger partial charge in [-0.25, -0.2) is 0 Å². The molecule has 4 aliphatic carbocycles. The number of aryl methyl sites for hydroxylation is 1. The minimum absolute atomic E-state index is 0.0658. The number of fused-ring (bicyclic) bond motifs is 5. The van der Waals surface area contributed by atoms with Crippen LogP contribution in [0, 0.1) is 18.3 Å². The minimum atomic E-state index is -2.62. The third kappa shape index (κ3) is 4.60. The monoisotopic (exact) mass is 640 g/mol. The maximum atomic E-state index is 2.66. The van der Waals surface area contributed by atoms with E-state index in [2.05, 4.69) is 154 Å². The van der Waals surface area contributed by atoms with Crippen LogP contribution in [-0.4, -0.2) is 3.21 Å². The summed E-state index contributed by atoms with van der Waals surface area (Å²) in [5, 5.41) is 0. The molecule has 0 aromatic heterocycles. The quantitative estimate of drug-likeness (QED) is 0.267. The molecule has 0 fully saturated rings. The van der Waals surface area contributed by atoms with E-state index in [1.165, 1.54) is 50.1 Å². The van der Waals surface area contributed by atoms with Gasteiger partial charge in [-0.15, -0.1) is 0 Å². The third-order valence-corrected chi connectivity index (χ3v) is 19.3. The first kappa shape index (κ1) is 29.1. The Balaban J connectivity index is 1.55. The Morgan fingerprint density at radius 1 is 0.767 bits per heavy atom. The fourth-order valence-electron chi connectivity index (χ4n) is 7.91. The van der Waals surface area contributed by atoms with Gasteiger partial charge in [-0.05, 0) is 0 Å². The van der Waals surface area contributed by atoms with Crippen LogP contribution in [0.4, 0.5) is 0 Å². The van der Waals surface area contributed by atoms with Crippen LogP contribution in [-0.2, 0) is 32.1 Å². The topological polar surface area (TPSA) is 0 Å². The molecule has 0 nitrogen and oxygen atoms in total. The fourth-order valence-corrected chi connectivity index (χ4v) is 16.9. The Kier molecular flexibility index (Phi) is 6.55. The van der Waals surface area contributed by atoms with Crippen molar-refractivity contribution in [3.8, 4) is 11.1 Å². The summed E-state index contributed by atoms with van der Waals surface area (Å²) < 4.78 is 3.88. The van der Waals surface area contributed by atoms with E-state index in [-0.39, 0.29) is 16.2 Å². The zero-order valence-electron chi connectivity index (χ0n) is 27.7. The Hall–Kier alpha value is -2.63. The van der Waals surface area contributed by atoms with Gasteiger partial charge in [0, 0.05) is 0 Å². The molecule has 0 saturated heterocycles. The molecule has 0 aliphatic heterocycles. The van der Waals surface area contributed by atoms with Gasteiger partial charge in [0.1, 0.15) is 0 Å². The summed E-state index contributed by atoms with van der Waals surface area (Å²) in [4.78, 5) is 0. The first-order valence-corrected chi connectivity index (χ1v) is 20.0. The Morgan fingerprint density at radius 3 is 1.74 bits per heavy atom. The summed E-state index contributed by atoms with van der Waals surface area (Å²) in [5.74, 6) is 0.483. The van der Waals surface area contributed by atoms with Crippen molar-refractivity contribution in [1.29, 1.82) is 0 Å². The normalized spacial score (nSPS) is 21.3. The predicted molar refractivity (Wildman–Crippen MR) is 184 cm³/mol. The molecule has 43 heavy (non-hydrogen) atoms. The van der Waals surface area contributed by atoms with Crippen LogP contribution in [0.5, 0.6) is 0 Å². The van der Waals surface area contributed by atoms with E-state index in [1.807, 2.05) is 0 Å². The number of allylic oxidation sites excluding steroid dienone is 6. The SMILES string of the molecule is C[C](c1ccc(C)cc1)=[Zr]([C]1=CC(C(C)(C)C)=CC1C)[CH]1c2cc3c(cc2-c2cc4c(cc21)C(C)(C)C=C4)C=CC3(C)C. The van der Waals surface area contributed by atoms with Crippen LogP contribution in [0.25, 0.3) is 23.3 Å². The molecule has 0 amide bonds. The van der Waals surface area contributed by atoms with Crippen molar-refractivity contribution in [2.75, 3.05) is 0 Å². The van der Waals surface area contributed by atoms with E-state index < -0.39 is 21.3 Å². The second-order valence-electron chi connectivity index (χ2n) is 15.8. The molecule has 0 radical (unpaired) electrons. The first-order valence-electron chi connectivity index (χ1n) is 16.1. The molecular formula is C42H46Zr. The standard InChI is InChI=1S/C23H21.C10H15.C9H10.Zr/c1-22(2)7-5-14-10-18-16(12-20(14)22)9-17-13-21-15(11-19(17)18)6-8-23(21,3)4;1-8-5-6-9(7-8)10(2,3)4;1-3-9-6-4-8(2)5-7-9;/h5-13H,1-4H3;6-8H,1-4H3;4-7H,1-2H3;. The molecule has 1 atom stereocenters. The summed E-state index contributed by atoms with van der Waals surface area (Å²) in [6.07, 6.45) is 14.8. The molecule has 0 spiro atoms. The van der Waals surface area contributed by atoms with Crippen molar-refractivity contribution in [3.63, 3.8) is 0 Å². The van der Waals surface area contributed by atoms with Crippen LogP contribution in [0.15, 0.2) is 81.7 Å². The molecule has 7 rings (SSSR count). The number of rotatable bonds is 3. The van der Waals surface area contributed by atoms with Gasteiger partial charge in [0.25, 0.3) is 0 Å². The molecule has 1 heteroatoms. The Labute approximate surface area is 267 Å². The van der Waals surface area contributed by atoms with E-state index >= 15 is 0 Å². The first-order chi connectivity index (χ1) is 20.2. The van der Waals surface area contributed by atoms with Gasteiger partial charge in [0.2, 0.25) is 0 Å². The van der Waals surface area contributed by atoms with E-state index in [9.17, 15) is 0 Å². The van der Waals surface area contributed by atoms with Crippen LogP contribution in [0.1, 0.15) is 110 Å². The van der Waals surface area contributed by atoms with Crippen molar-refractivity contribution in [1.82, 2.24) is 0 Å². The zero-order valence-corrected chi connectivity index (χ0v) is 30.2.